The van der Waals surface area contributed by atoms with Crippen molar-refractivity contribution in [1.29, 1.82) is 0 Å². The highest BCUT2D eigenvalue weighted by Crippen LogP contribution is 2.23. The molecule has 98 valence electrons. The molecule has 0 amide bonds. The van der Waals surface area contributed by atoms with E-state index in [1.165, 1.54) is 5.57 Å². The summed E-state index contributed by atoms with van der Waals surface area (Å²) in [5, 5.41) is 9.49. The molecule has 0 aromatic carbocycles. The van der Waals surface area contributed by atoms with Crippen molar-refractivity contribution >= 4 is 5.69 Å². The first-order valence-corrected chi connectivity index (χ1v) is 6.49. The maximum atomic E-state index is 9.49. The molecule has 0 unspecified atom stereocenters. The molecule has 1 aromatic heterocycles. The third kappa shape index (κ3) is 2.70. The van der Waals surface area contributed by atoms with Crippen LogP contribution < -0.4 is 4.90 Å². The first-order chi connectivity index (χ1) is 8.61. The summed E-state index contributed by atoms with van der Waals surface area (Å²) in [6, 6.07) is 0. The molecule has 0 saturated carbocycles. The number of rotatable bonds is 3. The first kappa shape index (κ1) is 13.0. The Balaban J connectivity index is 2.30. The molecule has 1 N–H and O–H groups in total. The summed E-state index contributed by atoms with van der Waals surface area (Å²) in [6.07, 6.45) is 5.16. The van der Waals surface area contributed by atoms with Gasteiger partial charge in [0.1, 0.15) is 5.82 Å². The summed E-state index contributed by atoms with van der Waals surface area (Å²) >= 11 is 0. The van der Waals surface area contributed by atoms with Crippen LogP contribution in [0.2, 0.25) is 0 Å². The third-order valence-electron chi connectivity index (χ3n) is 3.20. The SMILES string of the molecule is CC1=CCCN(c2cnc(C(C)C)nc2CO)C1. The highest BCUT2D eigenvalue weighted by atomic mass is 16.3. The summed E-state index contributed by atoms with van der Waals surface area (Å²) in [7, 11) is 0. The van der Waals surface area contributed by atoms with Gasteiger partial charge in [0.25, 0.3) is 0 Å². The molecule has 0 bridgehead atoms. The van der Waals surface area contributed by atoms with Crippen LogP contribution in [0.4, 0.5) is 5.69 Å². The Hall–Kier alpha value is -1.42. The standard InChI is InChI=1S/C14H21N3O/c1-10(2)14-15-7-13(12(9-18)16-14)17-6-4-5-11(3)8-17/h5,7,10,18H,4,6,8-9H2,1-3H3. The quantitative estimate of drug-likeness (QED) is 0.832. The molecule has 18 heavy (non-hydrogen) atoms. The van der Waals surface area contributed by atoms with Crippen molar-refractivity contribution in [3.05, 3.63) is 29.4 Å². The monoisotopic (exact) mass is 247 g/mol. The number of aromatic nitrogens is 2. The Morgan fingerprint density at radius 1 is 1.44 bits per heavy atom. The van der Waals surface area contributed by atoms with Crippen molar-refractivity contribution in [1.82, 2.24) is 9.97 Å². The molecule has 4 nitrogen and oxygen atoms in total. The zero-order valence-corrected chi connectivity index (χ0v) is 11.3. The average molecular weight is 247 g/mol. The number of anilines is 1. The van der Waals surface area contributed by atoms with Gasteiger partial charge in [0.15, 0.2) is 0 Å². The number of hydrogen-bond donors (Lipinski definition) is 1. The van der Waals surface area contributed by atoms with Crippen LogP contribution in [-0.4, -0.2) is 28.2 Å². The van der Waals surface area contributed by atoms with Crippen LogP contribution in [0.15, 0.2) is 17.8 Å². The molecule has 2 rings (SSSR count). The zero-order chi connectivity index (χ0) is 13.1. The van der Waals surface area contributed by atoms with E-state index in [1.54, 1.807) is 0 Å². The second-order valence-electron chi connectivity index (χ2n) is 5.13. The molecule has 0 aliphatic carbocycles. The van der Waals surface area contributed by atoms with Crippen LogP contribution in [0, 0.1) is 0 Å². The number of nitrogens with zero attached hydrogens (tertiary/aromatic N) is 3. The second-order valence-corrected chi connectivity index (χ2v) is 5.13. The molecule has 0 atom stereocenters. The molecule has 1 aliphatic rings. The van der Waals surface area contributed by atoms with Gasteiger partial charge < -0.3 is 10.0 Å². The molecule has 2 heterocycles. The maximum Gasteiger partial charge on any atom is 0.131 e. The van der Waals surface area contributed by atoms with Gasteiger partial charge >= 0.3 is 0 Å². The normalized spacial score (nSPS) is 16.1. The predicted molar refractivity (Wildman–Crippen MR) is 72.6 cm³/mol. The van der Waals surface area contributed by atoms with Gasteiger partial charge in [0.2, 0.25) is 0 Å². The third-order valence-corrected chi connectivity index (χ3v) is 3.20. The lowest BCUT2D eigenvalue weighted by molar-refractivity contribution is 0.276. The maximum absolute atomic E-state index is 9.49. The average Bonchev–Trinajstić information content (AvgIpc) is 2.37. The lowest BCUT2D eigenvalue weighted by Gasteiger charge is -2.29. The Labute approximate surface area is 108 Å². The van der Waals surface area contributed by atoms with Gasteiger partial charge in [0.05, 0.1) is 24.2 Å². The lowest BCUT2D eigenvalue weighted by Crippen LogP contribution is -2.30. The Kier molecular flexibility index (Phi) is 3.97. The van der Waals surface area contributed by atoms with Gasteiger partial charge in [-0.3, -0.25) is 0 Å². The minimum atomic E-state index is -0.0309. The molecule has 4 heteroatoms. The van der Waals surface area contributed by atoms with Crippen LogP contribution in [0.3, 0.4) is 0 Å². The van der Waals surface area contributed by atoms with Gasteiger partial charge in [0, 0.05) is 19.0 Å². The fraction of sp³-hybridized carbons (Fsp3) is 0.571. The van der Waals surface area contributed by atoms with Crippen LogP contribution in [0.5, 0.6) is 0 Å². The van der Waals surface area contributed by atoms with Crippen LogP contribution in [0.25, 0.3) is 0 Å². The fourth-order valence-corrected chi connectivity index (χ4v) is 2.20. The van der Waals surface area contributed by atoms with Gasteiger partial charge in [-0.15, -0.1) is 0 Å². The van der Waals surface area contributed by atoms with E-state index >= 15 is 0 Å². The Morgan fingerprint density at radius 2 is 2.22 bits per heavy atom. The summed E-state index contributed by atoms with van der Waals surface area (Å²) < 4.78 is 0. The predicted octanol–water partition coefficient (Wildman–Crippen LogP) is 2.25. The molecule has 0 fully saturated rings. The smallest absolute Gasteiger partial charge is 0.131 e. The van der Waals surface area contributed by atoms with E-state index in [-0.39, 0.29) is 12.5 Å². The van der Waals surface area contributed by atoms with Crippen LogP contribution in [-0.2, 0) is 6.61 Å². The molecule has 0 saturated heterocycles. The van der Waals surface area contributed by atoms with Crippen LogP contribution >= 0.6 is 0 Å². The van der Waals surface area contributed by atoms with Crippen LogP contribution in [0.1, 0.15) is 44.6 Å². The summed E-state index contributed by atoms with van der Waals surface area (Å²) in [4.78, 5) is 11.1. The van der Waals surface area contributed by atoms with E-state index in [1.807, 2.05) is 6.20 Å². The van der Waals surface area contributed by atoms with Gasteiger partial charge in [-0.25, -0.2) is 9.97 Å². The summed E-state index contributed by atoms with van der Waals surface area (Å²) in [5.41, 5.74) is 3.07. The van der Waals surface area contributed by atoms with Crippen molar-refractivity contribution in [3.63, 3.8) is 0 Å². The fourth-order valence-electron chi connectivity index (χ4n) is 2.20. The van der Waals surface area contributed by atoms with Crippen molar-refractivity contribution in [2.75, 3.05) is 18.0 Å². The number of aliphatic hydroxyl groups excluding tert-OH is 1. The van der Waals surface area contributed by atoms with Crippen molar-refractivity contribution < 1.29 is 5.11 Å². The molecule has 1 aliphatic heterocycles. The number of hydrogen-bond acceptors (Lipinski definition) is 4. The van der Waals surface area contributed by atoms with Crippen molar-refractivity contribution in [2.45, 2.75) is 39.7 Å². The van der Waals surface area contributed by atoms with E-state index in [0.717, 1.165) is 36.7 Å². The molecular weight excluding hydrogens is 226 g/mol. The van der Waals surface area contributed by atoms with Crippen molar-refractivity contribution in [2.24, 2.45) is 0 Å². The molecular formula is C14H21N3O. The lowest BCUT2D eigenvalue weighted by atomic mass is 10.1. The van der Waals surface area contributed by atoms with Gasteiger partial charge in [-0.1, -0.05) is 25.5 Å². The Bertz CT molecular complexity index is 454. The van der Waals surface area contributed by atoms with Crippen molar-refractivity contribution in [3.8, 4) is 0 Å². The summed E-state index contributed by atoms with van der Waals surface area (Å²) in [6.45, 7) is 8.09. The van der Waals surface area contributed by atoms with Gasteiger partial charge in [-0.05, 0) is 13.3 Å². The molecule has 0 radical (unpaired) electrons. The van der Waals surface area contributed by atoms with E-state index in [0.29, 0.717) is 0 Å². The number of aliphatic hydroxyl groups is 1. The van der Waals surface area contributed by atoms with E-state index in [4.69, 9.17) is 0 Å². The first-order valence-electron chi connectivity index (χ1n) is 6.49. The largest absolute Gasteiger partial charge is 0.390 e. The minimum absolute atomic E-state index is 0.0309. The second kappa shape index (κ2) is 5.48. The highest BCUT2D eigenvalue weighted by molar-refractivity contribution is 5.51. The van der Waals surface area contributed by atoms with Gasteiger partial charge in [-0.2, -0.15) is 0 Å². The molecule has 0 spiro atoms. The van der Waals surface area contributed by atoms with E-state index in [2.05, 4.69) is 41.7 Å². The topological polar surface area (TPSA) is 49.2 Å². The van der Waals surface area contributed by atoms with E-state index < -0.39 is 0 Å². The molecule has 1 aromatic rings. The highest BCUT2D eigenvalue weighted by Gasteiger charge is 2.17. The van der Waals surface area contributed by atoms with E-state index in [9.17, 15) is 5.11 Å². The minimum Gasteiger partial charge on any atom is -0.390 e. The Morgan fingerprint density at radius 3 is 2.83 bits per heavy atom. The summed E-state index contributed by atoms with van der Waals surface area (Å²) in [5.74, 6) is 1.08. The zero-order valence-electron chi connectivity index (χ0n) is 11.3.